The molecule has 190 valence electrons. The van der Waals surface area contributed by atoms with Crippen LogP contribution >= 0.6 is 0 Å². The van der Waals surface area contributed by atoms with Gasteiger partial charge in [0.25, 0.3) is 11.8 Å². The second-order valence-corrected chi connectivity index (χ2v) is 8.53. The highest BCUT2D eigenvalue weighted by Gasteiger charge is 2.20. The van der Waals surface area contributed by atoms with Crippen LogP contribution < -0.4 is 20.1 Å². The predicted molar refractivity (Wildman–Crippen MR) is 147 cm³/mol. The van der Waals surface area contributed by atoms with Gasteiger partial charge in [-0.25, -0.2) is 0 Å². The van der Waals surface area contributed by atoms with Crippen LogP contribution in [0.1, 0.15) is 20.7 Å². The van der Waals surface area contributed by atoms with Gasteiger partial charge >= 0.3 is 0 Å². The SMILES string of the molecule is COc1cccc(C(=O)Nc2cccc3c(O)c4c(NC(=O)c5cccc(OC)c5)cccc4c(O)c23)c1. The zero-order valence-electron chi connectivity index (χ0n) is 20.6. The molecule has 4 N–H and O–H groups in total. The molecule has 0 saturated carbocycles. The van der Waals surface area contributed by atoms with E-state index >= 15 is 0 Å². The quantitative estimate of drug-likeness (QED) is 0.167. The fraction of sp³-hybridized carbons (Fsp3) is 0.0667. The van der Waals surface area contributed by atoms with Gasteiger partial charge in [0.15, 0.2) is 0 Å². The Bertz CT molecular complexity index is 1590. The number of carbonyl (C=O) groups is 2. The normalized spacial score (nSPS) is 10.8. The monoisotopic (exact) mass is 508 g/mol. The smallest absolute Gasteiger partial charge is 0.255 e. The molecule has 8 heteroatoms. The van der Waals surface area contributed by atoms with Gasteiger partial charge in [0.1, 0.15) is 23.0 Å². The number of phenolic OH excluding ortho intramolecular Hbond substituents is 2. The van der Waals surface area contributed by atoms with Crippen molar-refractivity contribution in [2.45, 2.75) is 0 Å². The first kappa shape index (κ1) is 24.5. The van der Waals surface area contributed by atoms with Crippen LogP contribution in [0.25, 0.3) is 21.5 Å². The van der Waals surface area contributed by atoms with Gasteiger partial charge in [-0.1, -0.05) is 36.4 Å². The molecule has 0 bridgehead atoms. The van der Waals surface area contributed by atoms with Crippen molar-refractivity contribution in [1.82, 2.24) is 0 Å². The van der Waals surface area contributed by atoms with E-state index in [0.717, 1.165) is 0 Å². The van der Waals surface area contributed by atoms with E-state index in [1.807, 2.05) is 0 Å². The van der Waals surface area contributed by atoms with Crippen LogP contribution in [0.15, 0.2) is 84.9 Å². The minimum absolute atomic E-state index is 0.146. The number of anilines is 2. The number of methoxy groups -OCH3 is 2. The van der Waals surface area contributed by atoms with E-state index in [4.69, 9.17) is 9.47 Å². The number of hydrogen-bond donors (Lipinski definition) is 4. The highest BCUT2D eigenvalue weighted by atomic mass is 16.5. The molecule has 5 aromatic carbocycles. The van der Waals surface area contributed by atoms with Gasteiger partial charge in [-0.2, -0.15) is 0 Å². The molecule has 0 aliphatic carbocycles. The lowest BCUT2D eigenvalue weighted by Gasteiger charge is -2.17. The second-order valence-electron chi connectivity index (χ2n) is 8.53. The summed E-state index contributed by atoms with van der Waals surface area (Å²) in [6, 6.07) is 23.2. The zero-order chi connectivity index (χ0) is 26.8. The molecule has 5 aromatic rings. The standard InChI is InChI=1S/C30H24N2O6/c1-37-19-9-3-7-17(15-19)29(35)31-23-13-5-11-21-25(23)27(33)22-12-6-14-24(26(22)28(21)34)32-30(36)18-8-4-10-20(16-18)38-2/h3-16,33-34H,1-2H3,(H,31,35)(H,32,36). The van der Waals surface area contributed by atoms with E-state index in [1.165, 1.54) is 14.2 Å². The lowest BCUT2D eigenvalue weighted by Crippen LogP contribution is -2.13. The zero-order valence-corrected chi connectivity index (χ0v) is 20.6. The molecular weight excluding hydrogens is 484 g/mol. The number of amides is 2. The molecule has 0 spiro atoms. The molecule has 8 nitrogen and oxygen atoms in total. The summed E-state index contributed by atoms with van der Waals surface area (Å²) < 4.78 is 10.4. The Morgan fingerprint density at radius 1 is 0.605 bits per heavy atom. The van der Waals surface area contributed by atoms with Gasteiger partial charge in [-0.15, -0.1) is 0 Å². The minimum atomic E-state index is -0.408. The number of ether oxygens (including phenoxy) is 2. The van der Waals surface area contributed by atoms with Crippen molar-refractivity contribution in [3.05, 3.63) is 96.1 Å². The fourth-order valence-electron chi connectivity index (χ4n) is 4.40. The summed E-state index contributed by atoms with van der Waals surface area (Å²) in [4.78, 5) is 25.9. The van der Waals surface area contributed by atoms with Gasteiger partial charge < -0.3 is 30.3 Å². The third-order valence-corrected chi connectivity index (χ3v) is 6.27. The number of aromatic hydroxyl groups is 2. The number of benzene rings is 5. The molecule has 0 aliphatic rings. The van der Waals surface area contributed by atoms with Crippen LogP contribution in [0.3, 0.4) is 0 Å². The summed E-state index contributed by atoms with van der Waals surface area (Å²) in [5, 5.41) is 29.4. The number of phenols is 2. The van der Waals surface area contributed by atoms with Crippen molar-refractivity contribution in [3.63, 3.8) is 0 Å². The molecule has 2 amide bonds. The van der Waals surface area contributed by atoms with Gasteiger partial charge in [0.05, 0.1) is 36.4 Å². The fourth-order valence-corrected chi connectivity index (χ4v) is 4.40. The molecule has 0 fully saturated rings. The maximum Gasteiger partial charge on any atom is 0.255 e. The summed E-state index contributed by atoms with van der Waals surface area (Å²) in [5.41, 5.74) is 1.37. The molecule has 0 radical (unpaired) electrons. The van der Waals surface area contributed by atoms with Crippen molar-refractivity contribution in [2.24, 2.45) is 0 Å². The van der Waals surface area contributed by atoms with Crippen LogP contribution in [0.2, 0.25) is 0 Å². The van der Waals surface area contributed by atoms with Gasteiger partial charge in [0, 0.05) is 21.9 Å². The maximum atomic E-state index is 13.0. The van der Waals surface area contributed by atoms with E-state index in [2.05, 4.69) is 10.6 Å². The Kier molecular flexibility index (Phi) is 6.45. The second kappa shape index (κ2) is 10.0. The summed E-state index contributed by atoms with van der Waals surface area (Å²) in [5.74, 6) is -0.0424. The predicted octanol–water partition coefficient (Wildman–Crippen LogP) is 5.93. The first-order valence-electron chi connectivity index (χ1n) is 11.7. The van der Waals surface area contributed by atoms with Crippen LogP contribution in [-0.2, 0) is 0 Å². The highest BCUT2D eigenvalue weighted by molar-refractivity contribution is 6.21. The van der Waals surface area contributed by atoms with E-state index in [9.17, 15) is 19.8 Å². The Labute approximate surface area is 218 Å². The van der Waals surface area contributed by atoms with Crippen molar-refractivity contribution in [3.8, 4) is 23.0 Å². The van der Waals surface area contributed by atoms with E-state index in [-0.39, 0.29) is 22.3 Å². The summed E-state index contributed by atoms with van der Waals surface area (Å²) >= 11 is 0. The van der Waals surface area contributed by atoms with Gasteiger partial charge in [-0.05, 0) is 48.5 Å². The lowest BCUT2D eigenvalue weighted by atomic mass is 9.98. The average molecular weight is 509 g/mol. The summed E-state index contributed by atoms with van der Waals surface area (Å²) in [6.07, 6.45) is 0. The Hall–Kier alpha value is -5.24. The molecule has 0 heterocycles. The molecule has 0 unspecified atom stereocenters. The number of fused-ring (bicyclic) bond motifs is 2. The third kappa shape index (κ3) is 4.39. The average Bonchev–Trinajstić information content (AvgIpc) is 2.95. The van der Waals surface area contributed by atoms with Crippen LogP contribution in [0, 0.1) is 0 Å². The van der Waals surface area contributed by atoms with Crippen LogP contribution in [0.5, 0.6) is 23.0 Å². The number of carbonyl (C=O) groups excluding carboxylic acids is 2. The molecule has 38 heavy (non-hydrogen) atoms. The van der Waals surface area contributed by atoms with Crippen LogP contribution in [-0.4, -0.2) is 36.2 Å². The highest BCUT2D eigenvalue weighted by Crippen LogP contribution is 2.47. The first-order chi connectivity index (χ1) is 18.4. The Morgan fingerprint density at radius 2 is 1.00 bits per heavy atom. The molecule has 0 aromatic heterocycles. The summed E-state index contributed by atoms with van der Waals surface area (Å²) in [6.45, 7) is 0. The van der Waals surface area contributed by atoms with E-state index in [0.29, 0.717) is 44.8 Å². The molecule has 0 saturated heterocycles. The molecule has 0 aliphatic heterocycles. The maximum absolute atomic E-state index is 13.0. The van der Waals surface area contributed by atoms with Crippen molar-refractivity contribution >= 4 is 44.7 Å². The van der Waals surface area contributed by atoms with Crippen LogP contribution in [0.4, 0.5) is 11.4 Å². The van der Waals surface area contributed by atoms with E-state index < -0.39 is 11.8 Å². The first-order valence-corrected chi connectivity index (χ1v) is 11.7. The van der Waals surface area contributed by atoms with Crippen molar-refractivity contribution < 1.29 is 29.3 Å². The van der Waals surface area contributed by atoms with Gasteiger partial charge in [0.2, 0.25) is 0 Å². The van der Waals surface area contributed by atoms with Gasteiger partial charge in [-0.3, -0.25) is 9.59 Å². The van der Waals surface area contributed by atoms with E-state index in [1.54, 1.807) is 84.9 Å². The Morgan fingerprint density at radius 3 is 1.39 bits per heavy atom. The third-order valence-electron chi connectivity index (χ3n) is 6.27. The molecule has 0 atom stereocenters. The minimum Gasteiger partial charge on any atom is -0.507 e. The topological polar surface area (TPSA) is 117 Å². The Balaban J connectivity index is 1.58. The number of rotatable bonds is 6. The largest absolute Gasteiger partial charge is 0.507 e. The van der Waals surface area contributed by atoms with Crippen molar-refractivity contribution in [1.29, 1.82) is 0 Å². The summed E-state index contributed by atoms with van der Waals surface area (Å²) in [7, 11) is 3.03. The lowest BCUT2D eigenvalue weighted by molar-refractivity contribution is 0.101. The van der Waals surface area contributed by atoms with Crippen molar-refractivity contribution in [2.75, 3.05) is 24.9 Å². The molecular formula is C30H24N2O6. The molecule has 5 rings (SSSR count). The number of nitrogens with one attached hydrogen (secondary N) is 2. The number of hydrogen-bond acceptors (Lipinski definition) is 6.